The third kappa shape index (κ3) is 4.73. The van der Waals surface area contributed by atoms with Crippen LogP contribution in [0.25, 0.3) is 11.1 Å². The summed E-state index contributed by atoms with van der Waals surface area (Å²) in [6.45, 7) is 3.97. The molecule has 0 bridgehead atoms. The predicted molar refractivity (Wildman–Crippen MR) is 132 cm³/mol. The number of amides is 1. The van der Waals surface area contributed by atoms with Crippen molar-refractivity contribution in [1.29, 1.82) is 10.5 Å². The molecule has 36 heavy (non-hydrogen) atoms. The second-order valence-corrected chi connectivity index (χ2v) is 8.31. The van der Waals surface area contributed by atoms with Gasteiger partial charge in [-0.25, -0.2) is 0 Å². The number of aryl methyl sites for hydroxylation is 1. The van der Waals surface area contributed by atoms with Crippen molar-refractivity contribution in [2.24, 2.45) is 0 Å². The van der Waals surface area contributed by atoms with Crippen LogP contribution in [0.15, 0.2) is 63.9 Å². The van der Waals surface area contributed by atoms with E-state index in [4.69, 9.17) is 9.78 Å². The van der Waals surface area contributed by atoms with Crippen LogP contribution in [0, 0.1) is 29.6 Å². The van der Waals surface area contributed by atoms with Crippen LogP contribution in [-0.4, -0.2) is 32.1 Å². The fourth-order valence-electron chi connectivity index (χ4n) is 4.22. The van der Waals surface area contributed by atoms with E-state index in [9.17, 15) is 14.9 Å². The molecule has 0 saturated heterocycles. The molecule has 1 unspecified atom stereocenters. The third-order valence-electron chi connectivity index (χ3n) is 6.03. The summed E-state index contributed by atoms with van der Waals surface area (Å²) in [6.07, 6.45) is 0.540. The lowest BCUT2D eigenvalue weighted by atomic mass is 10.1. The Labute approximate surface area is 207 Å². The van der Waals surface area contributed by atoms with Crippen LogP contribution in [0.2, 0.25) is 0 Å². The van der Waals surface area contributed by atoms with Crippen molar-refractivity contribution in [1.82, 2.24) is 19.6 Å². The summed E-state index contributed by atoms with van der Waals surface area (Å²) in [6, 6.07) is 19.3. The van der Waals surface area contributed by atoms with Crippen molar-refractivity contribution in [2.75, 3.05) is 6.54 Å². The average Bonchev–Trinajstić information content (AvgIpc) is 3.29. The molecule has 4 rings (SSSR count). The van der Waals surface area contributed by atoms with Gasteiger partial charge in [0.05, 0.1) is 42.4 Å². The van der Waals surface area contributed by atoms with E-state index in [1.807, 2.05) is 43.3 Å². The minimum absolute atomic E-state index is 0.102. The zero-order valence-electron chi connectivity index (χ0n) is 20.0. The number of aromatic nitrogens is 3. The molecule has 2 aromatic heterocycles. The van der Waals surface area contributed by atoms with Gasteiger partial charge in [-0.2, -0.15) is 15.5 Å². The molecule has 0 N–H and O–H groups in total. The number of nitrogens with zero attached hydrogens (tertiary/aromatic N) is 6. The lowest BCUT2D eigenvalue weighted by molar-refractivity contribution is 0.0661. The normalized spacial score (nSPS) is 11.6. The largest absolute Gasteiger partial charge is 0.335 e. The number of carbonyl (C=O) groups is 1. The first kappa shape index (κ1) is 24.4. The van der Waals surface area contributed by atoms with E-state index in [1.54, 1.807) is 40.7 Å². The first-order chi connectivity index (χ1) is 17.5. The number of carbonyl (C=O) groups excluding carboxylic acids is 1. The molecule has 180 valence electrons. The van der Waals surface area contributed by atoms with Gasteiger partial charge in [0.2, 0.25) is 0 Å². The molecular formula is C27H24N6O3. The van der Waals surface area contributed by atoms with E-state index < -0.39 is 6.04 Å². The summed E-state index contributed by atoms with van der Waals surface area (Å²) in [5.41, 5.74) is 1.96. The van der Waals surface area contributed by atoms with Gasteiger partial charge in [-0.15, -0.1) is 0 Å². The number of hydrogen-bond acceptors (Lipinski definition) is 7. The lowest BCUT2D eigenvalue weighted by Gasteiger charge is -2.31. The van der Waals surface area contributed by atoms with Gasteiger partial charge >= 0.3 is 0 Å². The van der Waals surface area contributed by atoms with Crippen LogP contribution in [-0.2, 0) is 6.54 Å². The summed E-state index contributed by atoms with van der Waals surface area (Å²) < 4.78 is 6.90. The van der Waals surface area contributed by atoms with Gasteiger partial charge in [-0.05, 0) is 43.2 Å². The van der Waals surface area contributed by atoms with Crippen LogP contribution < -0.4 is 5.56 Å². The van der Waals surface area contributed by atoms with Crippen LogP contribution in [0.1, 0.15) is 58.8 Å². The maximum atomic E-state index is 13.6. The molecule has 2 aromatic carbocycles. The van der Waals surface area contributed by atoms with Crippen LogP contribution in [0.5, 0.6) is 0 Å². The Morgan fingerprint density at radius 1 is 1.14 bits per heavy atom. The molecule has 0 aliphatic rings. The van der Waals surface area contributed by atoms with E-state index in [2.05, 4.69) is 16.2 Å². The standard InChI is InChI=1S/C27H24N6O3/c1-3-22(32(15-7-14-28)26(34)21-12-10-19(16-29)11-13-21)24-30-25-23(18(2)31-36-25)27(35)33(24)17-20-8-5-4-6-9-20/h4-6,8-13,22H,3,7,15,17H2,1-2H3. The highest BCUT2D eigenvalue weighted by Gasteiger charge is 2.30. The number of benzene rings is 2. The molecule has 0 radical (unpaired) electrons. The average molecular weight is 481 g/mol. The summed E-state index contributed by atoms with van der Waals surface area (Å²) in [5.74, 6) is 0.0332. The highest BCUT2D eigenvalue weighted by Crippen LogP contribution is 2.27. The molecule has 0 saturated carbocycles. The van der Waals surface area contributed by atoms with Crippen molar-refractivity contribution >= 4 is 17.0 Å². The van der Waals surface area contributed by atoms with E-state index in [1.165, 1.54) is 0 Å². The number of hydrogen-bond donors (Lipinski definition) is 0. The minimum Gasteiger partial charge on any atom is -0.335 e. The molecule has 0 aliphatic heterocycles. The first-order valence-corrected chi connectivity index (χ1v) is 11.6. The smallest absolute Gasteiger partial charge is 0.267 e. The van der Waals surface area contributed by atoms with E-state index in [-0.39, 0.29) is 36.7 Å². The zero-order chi connectivity index (χ0) is 25.7. The van der Waals surface area contributed by atoms with Gasteiger partial charge in [-0.3, -0.25) is 14.2 Å². The molecule has 1 atom stereocenters. The Morgan fingerprint density at radius 2 is 1.86 bits per heavy atom. The van der Waals surface area contributed by atoms with Crippen molar-refractivity contribution in [2.45, 2.75) is 39.3 Å². The van der Waals surface area contributed by atoms with Gasteiger partial charge in [0, 0.05) is 12.1 Å². The Morgan fingerprint density at radius 3 is 2.50 bits per heavy atom. The monoisotopic (exact) mass is 480 g/mol. The number of rotatable bonds is 8. The SMILES string of the molecule is CCC(c1nc2onc(C)c2c(=O)n1Cc1ccccc1)N(CCC#N)C(=O)c1ccc(C#N)cc1. The summed E-state index contributed by atoms with van der Waals surface area (Å²) in [5, 5.41) is 22.6. The van der Waals surface area contributed by atoms with Crippen LogP contribution in [0.3, 0.4) is 0 Å². The maximum absolute atomic E-state index is 13.6. The quantitative estimate of drug-likeness (QED) is 0.371. The van der Waals surface area contributed by atoms with Crippen molar-refractivity contribution in [3.63, 3.8) is 0 Å². The molecule has 9 heteroatoms. The summed E-state index contributed by atoms with van der Waals surface area (Å²) >= 11 is 0. The Kier molecular flexibility index (Phi) is 7.22. The fraction of sp³-hybridized carbons (Fsp3) is 0.259. The molecule has 0 spiro atoms. The van der Waals surface area contributed by atoms with Crippen molar-refractivity contribution < 1.29 is 9.32 Å². The maximum Gasteiger partial charge on any atom is 0.267 e. The zero-order valence-corrected chi connectivity index (χ0v) is 20.0. The summed E-state index contributed by atoms with van der Waals surface area (Å²) in [4.78, 5) is 33.5. The highest BCUT2D eigenvalue weighted by molar-refractivity contribution is 5.94. The Bertz CT molecular complexity index is 1520. The van der Waals surface area contributed by atoms with Gasteiger partial charge in [0.15, 0.2) is 0 Å². The second-order valence-electron chi connectivity index (χ2n) is 8.31. The van der Waals surface area contributed by atoms with Gasteiger partial charge in [-0.1, -0.05) is 42.4 Å². The third-order valence-corrected chi connectivity index (χ3v) is 6.03. The topological polar surface area (TPSA) is 129 Å². The van der Waals surface area contributed by atoms with Gasteiger partial charge < -0.3 is 9.42 Å². The van der Waals surface area contributed by atoms with Crippen LogP contribution in [0.4, 0.5) is 0 Å². The van der Waals surface area contributed by atoms with E-state index in [0.29, 0.717) is 34.5 Å². The van der Waals surface area contributed by atoms with Crippen molar-refractivity contribution in [3.8, 4) is 12.1 Å². The molecule has 0 fully saturated rings. The molecule has 2 heterocycles. The molecule has 1 amide bonds. The predicted octanol–water partition coefficient (Wildman–Crippen LogP) is 4.12. The van der Waals surface area contributed by atoms with Gasteiger partial charge in [0.25, 0.3) is 17.2 Å². The number of fused-ring (bicyclic) bond motifs is 1. The minimum atomic E-state index is -0.618. The molecule has 4 aromatic rings. The van der Waals surface area contributed by atoms with Crippen LogP contribution >= 0.6 is 0 Å². The first-order valence-electron chi connectivity index (χ1n) is 11.6. The molecule has 0 aliphatic carbocycles. The highest BCUT2D eigenvalue weighted by atomic mass is 16.5. The van der Waals surface area contributed by atoms with E-state index >= 15 is 0 Å². The summed E-state index contributed by atoms with van der Waals surface area (Å²) in [7, 11) is 0. The molecular weight excluding hydrogens is 456 g/mol. The van der Waals surface area contributed by atoms with Gasteiger partial charge in [0.1, 0.15) is 11.2 Å². The van der Waals surface area contributed by atoms with E-state index in [0.717, 1.165) is 5.56 Å². The van der Waals surface area contributed by atoms with Crippen molar-refractivity contribution in [3.05, 3.63) is 93.2 Å². The second kappa shape index (κ2) is 10.7. The Hall–Kier alpha value is -4.76. The fourth-order valence-corrected chi connectivity index (χ4v) is 4.22. The number of nitriles is 2. The lowest BCUT2D eigenvalue weighted by Crippen LogP contribution is -2.39. The molecule has 9 nitrogen and oxygen atoms in total. The Balaban J connectivity index is 1.87.